The van der Waals surface area contributed by atoms with Gasteiger partial charge in [0.1, 0.15) is 0 Å². The second kappa shape index (κ2) is 7.22. The molecule has 0 aliphatic rings. The largest absolute Gasteiger partial charge is 0.462 e. The number of nitrogens with one attached hydrogen (secondary N) is 1. The third-order valence-corrected chi connectivity index (χ3v) is 4.35. The van der Waals surface area contributed by atoms with E-state index in [0.717, 1.165) is 22.4 Å². The van der Waals surface area contributed by atoms with Crippen LogP contribution in [0.5, 0.6) is 0 Å². The Morgan fingerprint density at radius 3 is 2.68 bits per heavy atom. The summed E-state index contributed by atoms with van der Waals surface area (Å²) in [4.78, 5) is 25.2. The second-order valence-electron chi connectivity index (χ2n) is 4.91. The maximum absolute atomic E-state index is 12.0. The van der Waals surface area contributed by atoms with Crippen molar-refractivity contribution >= 4 is 23.2 Å². The van der Waals surface area contributed by atoms with Gasteiger partial charge in [0, 0.05) is 11.9 Å². The lowest BCUT2D eigenvalue weighted by molar-refractivity contribution is 0.0505. The van der Waals surface area contributed by atoms with E-state index < -0.39 is 0 Å². The fourth-order valence-electron chi connectivity index (χ4n) is 2.02. The highest BCUT2D eigenvalue weighted by Gasteiger charge is 2.13. The summed E-state index contributed by atoms with van der Waals surface area (Å²) in [6, 6.07) is 9.19. The summed E-state index contributed by atoms with van der Waals surface area (Å²) in [5.74, 6) is -0.418. The molecule has 2 aromatic rings. The van der Waals surface area contributed by atoms with Crippen molar-refractivity contribution in [1.29, 1.82) is 0 Å². The monoisotopic (exact) mass is 317 g/mol. The van der Waals surface area contributed by atoms with E-state index in [1.54, 1.807) is 19.2 Å². The van der Waals surface area contributed by atoms with Gasteiger partial charge in [-0.15, -0.1) is 11.3 Å². The first-order chi connectivity index (χ1) is 10.6. The number of carbonyl (C=O) groups excluding carboxylic acids is 2. The van der Waals surface area contributed by atoms with Gasteiger partial charge in [0.2, 0.25) is 0 Å². The fraction of sp³-hybridized carbons (Fsp3) is 0.294. The van der Waals surface area contributed by atoms with Crippen molar-refractivity contribution in [3.8, 4) is 10.4 Å². The summed E-state index contributed by atoms with van der Waals surface area (Å²) >= 11 is 1.41. The summed E-state index contributed by atoms with van der Waals surface area (Å²) in [5, 5.41) is 2.61. The molecule has 0 spiro atoms. The van der Waals surface area contributed by atoms with Crippen molar-refractivity contribution in [3.05, 3.63) is 46.3 Å². The van der Waals surface area contributed by atoms with Gasteiger partial charge in [-0.05, 0) is 48.7 Å². The van der Waals surface area contributed by atoms with E-state index in [-0.39, 0.29) is 11.9 Å². The number of hydrogen-bond donors (Lipinski definition) is 1. The molecular weight excluding hydrogens is 298 g/mol. The van der Waals surface area contributed by atoms with Crippen LogP contribution >= 0.6 is 11.3 Å². The number of hydrogen-bond acceptors (Lipinski definition) is 4. The number of esters is 1. The Labute approximate surface area is 134 Å². The third kappa shape index (κ3) is 3.54. The fourth-order valence-corrected chi connectivity index (χ4v) is 3.05. The molecule has 116 valence electrons. The van der Waals surface area contributed by atoms with Gasteiger partial charge in [0.25, 0.3) is 5.91 Å². The first-order valence-electron chi connectivity index (χ1n) is 7.17. The van der Waals surface area contributed by atoms with Crippen LogP contribution in [0.4, 0.5) is 0 Å². The van der Waals surface area contributed by atoms with Gasteiger partial charge in [0.05, 0.1) is 17.0 Å². The molecule has 0 unspecified atom stereocenters. The highest BCUT2D eigenvalue weighted by Crippen LogP contribution is 2.31. The van der Waals surface area contributed by atoms with Gasteiger partial charge in [-0.1, -0.05) is 13.0 Å². The Balaban J connectivity index is 2.32. The van der Waals surface area contributed by atoms with Crippen LogP contribution in [-0.4, -0.2) is 25.5 Å². The Morgan fingerprint density at radius 1 is 1.23 bits per heavy atom. The molecule has 0 radical (unpaired) electrons. The first-order valence-corrected chi connectivity index (χ1v) is 7.98. The molecule has 1 amide bonds. The maximum atomic E-state index is 12.0. The molecule has 0 saturated heterocycles. The molecule has 0 fully saturated rings. The molecule has 0 atom stereocenters. The standard InChI is InChI=1S/C17H19NO3S/c1-4-9-21-17(20)12-6-5-11(2)13(10-12)14-7-8-15(22-14)16(19)18-3/h5-8,10H,4,9H2,1-3H3,(H,18,19). The van der Waals surface area contributed by atoms with Crippen LogP contribution in [0.2, 0.25) is 0 Å². The molecule has 0 aliphatic heterocycles. The molecule has 1 aromatic carbocycles. The van der Waals surface area contributed by atoms with Crippen LogP contribution < -0.4 is 5.32 Å². The number of rotatable bonds is 5. The molecule has 2 rings (SSSR count). The lowest BCUT2D eigenvalue weighted by Crippen LogP contribution is -2.15. The van der Waals surface area contributed by atoms with Crippen molar-refractivity contribution in [2.45, 2.75) is 20.3 Å². The summed E-state index contributed by atoms with van der Waals surface area (Å²) in [7, 11) is 1.61. The molecule has 22 heavy (non-hydrogen) atoms. The number of thiophene rings is 1. The highest BCUT2D eigenvalue weighted by atomic mass is 32.1. The zero-order chi connectivity index (χ0) is 16.1. The van der Waals surface area contributed by atoms with Crippen molar-refractivity contribution in [3.63, 3.8) is 0 Å². The molecule has 1 aromatic heterocycles. The first kappa shape index (κ1) is 16.2. The summed E-state index contributed by atoms with van der Waals surface area (Å²) in [5.41, 5.74) is 2.53. The minimum Gasteiger partial charge on any atom is -0.462 e. The van der Waals surface area contributed by atoms with Crippen LogP contribution in [-0.2, 0) is 4.74 Å². The predicted molar refractivity (Wildman–Crippen MR) is 88.5 cm³/mol. The average Bonchev–Trinajstić information content (AvgIpc) is 3.02. The van der Waals surface area contributed by atoms with Crippen LogP contribution in [0, 0.1) is 6.92 Å². The van der Waals surface area contributed by atoms with Crippen LogP contribution in [0.25, 0.3) is 10.4 Å². The molecule has 4 nitrogen and oxygen atoms in total. The summed E-state index contributed by atoms with van der Waals surface area (Å²) in [6.07, 6.45) is 0.797. The van der Waals surface area contributed by atoms with Crippen LogP contribution in [0.15, 0.2) is 30.3 Å². The lowest BCUT2D eigenvalue weighted by Gasteiger charge is -2.07. The maximum Gasteiger partial charge on any atom is 0.338 e. The molecule has 1 heterocycles. The number of ether oxygens (including phenoxy) is 1. The van der Waals surface area contributed by atoms with E-state index in [2.05, 4.69) is 5.32 Å². The van der Waals surface area contributed by atoms with Crippen LogP contribution in [0.1, 0.15) is 38.9 Å². The van der Waals surface area contributed by atoms with Gasteiger partial charge >= 0.3 is 5.97 Å². The summed E-state index contributed by atoms with van der Waals surface area (Å²) < 4.78 is 5.17. The zero-order valence-corrected chi connectivity index (χ0v) is 13.8. The topological polar surface area (TPSA) is 55.4 Å². The van der Waals surface area contributed by atoms with Gasteiger partial charge < -0.3 is 10.1 Å². The minimum absolute atomic E-state index is 0.104. The third-order valence-electron chi connectivity index (χ3n) is 3.23. The predicted octanol–water partition coefficient (Wildman–Crippen LogP) is 3.65. The molecule has 1 N–H and O–H groups in total. The normalized spacial score (nSPS) is 10.3. The SMILES string of the molecule is CCCOC(=O)c1ccc(C)c(-c2ccc(C(=O)NC)s2)c1. The van der Waals surface area contributed by atoms with E-state index in [1.807, 2.05) is 32.0 Å². The van der Waals surface area contributed by atoms with Gasteiger partial charge in [-0.2, -0.15) is 0 Å². The zero-order valence-electron chi connectivity index (χ0n) is 12.9. The molecule has 5 heteroatoms. The molecule has 0 bridgehead atoms. The summed E-state index contributed by atoms with van der Waals surface area (Å²) in [6.45, 7) is 4.36. The van der Waals surface area contributed by atoms with Crippen molar-refractivity contribution in [2.75, 3.05) is 13.7 Å². The van der Waals surface area contributed by atoms with Gasteiger partial charge in [-0.25, -0.2) is 4.79 Å². The smallest absolute Gasteiger partial charge is 0.338 e. The molecule has 0 aliphatic carbocycles. The van der Waals surface area contributed by atoms with Gasteiger partial charge in [0.15, 0.2) is 0 Å². The Bertz CT molecular complexity index is 691. The van der Waals surface area contributed by atoms with E-state index in [0.29, 0.717) is 17.0 Å². The van der Waals surface area contributed by atoms with E-state index in [4.69, 9.17) is 4.74 Å². The number of aryl methyl sites for hydroxylation is 1. The second-order valence-corrected chi connectivity index (χ2v) is 5.99. The van der Waals surface area contributed by atoms with Crippen molar-refractivity contribution in [1.82, 2.24) is 5.32 Å². The van der Waals surface area contributed by atoms with Crippen molar-refractivity contribution in [2.24, 2.45) is 0 Å². The average molecular weight is 317 g/mol. The van der Waals surface area contributed by atoms with Crippen molar-refractivity contribution < 1.29 is 14.3 Å². The van der Waals surface area contributed by atoms with E-state index in [9.17, 15) is 9.59 Å². The molecular formula is C17H19NO3S. The number of amides is 1. The Kier molecular flexibility index (Phi) is 5.33. The van der Waals surface area contributed by atoms with Crippen LogP contribution in [0.3, 0.4) is 0 Å². The van der Waals surface area contributed by atoms with Gasteiger partial charge in [-0.3, -0.25) is 4.79 Å². The molecule has 0 saturated carbocycles. The number of benzene rings is 1. The quantitative estimate of drug-likeness (QED) is 0.856. The lowest BCUT2D eigenvalue weighted by atomic mass is 10.0. The Morgan fingerprint density at radius 2 is 2.00 bits per heavy atom. The minimum atomic E-state index is -0.314. The highest BCUT2D eigenvalue weighted by molar-refractivity contribution is 7.17. The van der Waals surface area contributed by atoms with E-state index in [1.165, 1.54) is 11.3 Å². The number of carbonyl (C=O) groups is 2. The Hall–Kier alpha value is -2.14. The van der Waals surface area contributed by atoms with E-state index >= 15 is 0 Å².